The molecule has 0 spiro atoms. The van der Waals surface area contributed by atoms with Crippen LogP contribution in [0.25, 0.3) is 11.3 Å². The molecule has 0 bridgehead atoms. The summed E-state index contributed by atoms with van der Waals surface area (Å²) in [6.07, 6.45) is 2.12. The van der Waals surface area contributed by atoms with Crippen molar-refractivity contribution in [3.05, 3.63) is 136 Å². The number of nitrogens with one attached hydrogen (secondary N) is 3. The van der Waals surface area contributed by atoms with Crippen LogP contribution in [0.3, 0.4) is 0 Å². The number of alkyl carbamates (subject to hydrolysis) is 1. The number of carbonyl (C=O) groups excluding carboxylic acids is 3. The van der Waals surface area contributed by atoms with E-state index in [2.05, 4.69) is 25.9 Å². The molecule has 14 nitrogen and oxygen atoms in total. The normalized spacial score (nSPS) is 14.5. The fourth-order valence-electron chi connectivity index (χ4n) is 7.40. The Morgan fingerprint density at radius 2 is 1.54 bits per heavy atom. The van der Waals surface area contributed by atoms with Gasteiger partial charge < -0.3 is 30.9 Å². The Balaban J connectivity index is 1.46. The number of benzene rings is 2. The number of pyridine rings is 2. The zero-order valence-electron chi connectivity index (χ0n) is 36.0. The number of hydrogen-bond acceptors (Lipinski definition) is 9. The minimum atomic E-state index is -1.20. The molecule has 6 atom stereocenters. The number of rotatable bonds is 18. The molecule has 0 aliphatic carbocycles. The molecular formula is C47H59N7O7. The summed E-state index contributed by atoms with van der Waals surface area (Å²) in [6, 6.07) is 24.7. The first kappa shape index (κ1) is 45.8. The lowest BCUT2D eigenvalue weighted by atomic mass is 9.85. The number of imidazole rings is 1. The van der Waals surface area contributed by atoms with Crippen LogP contribution < -0.4 is 21.6 Å². The maximum Gasteiger partial charge on any atom is 0.407 e. The smallest absolute Gasteiger partial charge is 0.407 e. The lowest BCUT2D eigenvalue weighted by Crippen LogP contribution is -2.58. The number of aliphatic hydroxyl groups excluding tert-OH is 1. The second kappa shape index (κ2) is 20.8. The van der Waals surface area contributed by atoms with Crippen LogP contribution in [0, 0.1) is 18.3 Å². The highest BCUT2D eigenvalue weighted by molar-refractivity contribution is 5.86. The lowest BCUT2D eigenvalue weighted by Gasteiger charge is -2.34. The van der Waals surface area contributed by atoms with Crippen molar-refractivity contribution >= 4 is 17.9 Å². The first-order valence-corrected chi connectivity index (χ1v) is 20.7. The third-order valence-electron chi connectivity index (χ3n) is 10.9. The van der Waals surface area contributed by atoms with E-state index in [1.54, 1.807) is 12.3 Å². The highest BCUT2D eigenvalue weighted by Crippen LogP contribution is 2.26. The van der Waals surface area contributed by atoms with Crippen LogP contribution in [0.5, 0.6) is 5.88 Å². The Kier molecular flexibility index (Phi) is 15.6. The van der Waals surface area contributed by atoms with Crippen molar-refractivity contribution in [1.29, 1.82) is 0 Å². The van der Waals surface area contributed by atoms with Gasteiger partial charge in [-0.1, -0.05) is 108 Å². The zero-order chi connectivity index (χ0) is 44.3. The fourth-order valence-corrected chi connectivity index (χ4v) is 7.40. The van der Waals surface area contributed by atoms with Crippen LogP contribution in [0.4, 0.5) is 4.79 Å². The molecule has 2 aromatic carbocycles. The molecule has 3 amide bonds. The maximum atomic E-state index is 14.5. The second-order valence-electron chi connectivity index (χ2n) is 16.7. The topological polar surface area (TPSA) is 190 Å². The van der Waals surface area contributed by atoms with Crippen molar-refractivity contribution in [3.8, 4) is 17.1 Å². The number of amides is 3. The van der Waals surface area contributed by atoms with Crippen molar-refractivity contribution in [2.45, 2.75) is 104 Å². The summed E-state index contributed by atoms with van der Waals surface area (Å²) in [5.41, 5.74) is 3.47. The molecule has 6 unspecified atom stereocenters. The summed E-state index contributed by atoms with van der Waals surface area (Å²) in [5, 5.41) is 32.0. The minimum absolute atomic E-state index is 0.00955. The minimum Gasteiger partial charge on any atom is -0.493 e. The first-order chi connectivity index (χ1) is 29.1. The van der Waals surface area contributed by atoms with Gasteiger partial charge in [0, 0.05) is 23.5 Å². The highest BCUT2D eigenvalue weighted by Gasteiger charge is 2.37. The zero-order valence-corrected chi connectivity index (χ0v) is 36.0. The van der Waals surface area contributed by atoms with Crippen molar-refractivity contribution in [2.24, 2.45) is 11.3 Å². The molecule has 0 aliphatic rings. The molecule has 5 aromatic rings. The van der Waals surface area contributed by atoms with E-state index < -0.39 is 59.3 Å². The highest BCUT2D eigenvalue weighted by atomic mass is 16.5. The van der Waals surface area contributed by atoms with Crippen molar-refractivity contribution in [3.63, 3.8) is 0 Å². The van der Waals surface area contributed by atoms with Gasteiger partial charge in [-0.25, -0.2) is 9.59 Å². The molecular weight excluding hydrogens is 775 g/mol. The predicted octanol–water partition coefficient (Wildman–Crippen LogP) is 5.73. The Morgan fingerprint density at radius 3 is 2.16 bits per heavy atom. The summed E-state index contributed by atoms with van der Waals surface area (Å²) >= 11 is 0. The van der Waals surface area contributed by atoms with Gasteiger partial charge in [-0.05, 0) is 72.9 Å². The number of aliphatic hydroxyl groups is 1. The van der Waals surface area contributed by atoms with Crippen LogP contribution in [0.1, 0.15) is 76.0 Å². The summed E-state index contributed by atoms with van der Waals surface area (Å²) in [4.78, 5) is 63.8. The lowest BCUT2D eigenvalue weighted by molar-refractivity contribution is -0.128. The van der Waals surface area contributed by atoms with Crippen molar-refractivity contribution < 1.29 is 29.3 Å². The monoisotopic (exact) mass is 833 g/mol. The Hall–Kier alpha value is -6.28. The van der Waals surface area contributed by atoms with Crippen LogP contribution in [0.2, 0.25) is 0 Å². The van der Waals surface area contributed by atoms with E-state index in [9.17, 15) is 29.4 Å². The quantitative estimate of drug-likeness (QED) is 0.0734. The Bertz CT molecular complexity index is 2270. The van der Waals surface area contributed by atoms with E-state index in [0.717, 1.165) is 28.1 Å². The van der Waals surface area contributed by atoms with Gasteiger partial charge in [0.2, 0.25) is 17.7 Å². The van der Waals surface area contributed by atoms with Crippen LogP contribution in [-0.2, 0) is 33.7 Å². The van der Waals surface area contributed by atoms with Gasteiger partial charge in [0.1, 0.15) is 12.1 Å². The average molecular weight is 834 g/mol. The molecule has 3 heterocycles. The number of nitrogens with zero attached hydrogens (tertiary/aromatic N) is 4. The van der Waals surface area contributed by atoms with Crippen LogP contribution in [0.15, 0.2) is 108 Å². The number of methoxy groups -OCH3 is 1. The maximum absolute atomic E-state index is 14.5. The van der Waals surface area contributed by atoms with E-state index in [0.29, 0.717) is 18.5 Å². The molecule has 61 heavy (non-hydrogen) atoms. The molecule has 0 radical (unpaired) electrons. The molecule has 14 heteroatoms. The largest absolute Gasteiger partial charge is 0.493 e. The van der Waals surface area contributed by atoms with Crippen molar-refractivity contribution in [2.75, 3.05) is 7.11 Å². The molecule has 0 aliphatic heterocycles. The summed E-state index contributed by atoms with van der Waals surface area (Å²) in [5.74, 6) is -1.61. The molecule has 5 N–H and O–H groups in total. The van der Waals surface area contributed by atoms with Gasteiger partial charge in [0.25, 0.3) is 0 Å². The fraction of sp³-hybridized carbons (Fsp3) is 0.404. The average Bonchev–Trinajstić information content (AvgIpc) is 3.50. The predicted molar refractivity (Wildman–Crippen MR) is 234 cm³/mol. The number of aromatic nitrogens is 4. The second-order valence-corrected chi connectivity index (χ2v) is 16.7. The number of carbonyl (C=O) groups is 3. The number of ether oxygens (including phenoxy) is 1. The standard InChI is InChI=1S/C47H59N7O7/c1-8-30(2)41(54-29-40(56)53(46(54)60)28-35-18-14-15-31(3)49-35)43(57)50-36(25-32-16-10-9-11-17-32)27-39(55)38(51-44(58)42(47(4,5)6)52-45(59)61-7)26-33-20-22-34(23-21-33)37-19-12-13-24-48-37/h9-24,29-30,36,38-39,41-42,55-56H,8,25-28H2,1-7H3,(H,50,57)(H,51,58)(H,52,59). The van der Waals surface area contributed by atoms with Gasteiger partial charge in [-0.3, -0.25) is 28.7 Å². The third kappa shape index (κ3) is 12.4. The molecule has 0 fully saturated rings. The summed E-state index contributed by atoms with van der Waals surface area (Å²) in [7, 11) is 1.22. The summed E-state index contributed by atoms with van der Waals surface area (Å²) in [6.45, 7) is 11.1. The first-order valence-electron chi connectivity index (χ1n) is 20.7. The summed E-state index contributed by atoms with van der Waals surface area (Å²) < 4.78 is 7.28. The van der Waals surface area contributed by atoms with E-state index in [4.69, 9.17) is 4.74 Å². The Labute approximate surface area is 357 Å². The number of aromatic hydroxyl groups is 1. The van der Waals surface area contributed by atoms with Crippen molar-refractivity contribution in [1.82, 2.24) is 35.1 Å². The number of aryl methyl sites for hydroxylation is 1. The molecule has 0 saturated carbocycles. The van der Waals surface area contributed by atoms with E-state index >= 15 is 0 Å². The Morgan fingerprint density at radius 1 is 0.852 bits per heavy atom. The van der Waals surface area contributed by atoms with Gasteiger partial charge in [-0.15, -0.1) is 0 Å². The van der Waals surface area contributed by atoms with E-state index in [1.165, 1.54) is 22.4 Å². The van der Waals surface area contributed by atoms with Gasteiger partial charge >= 0.3 is 11.8 Å². The number of hydrogen-bond donors (Lipinski definition) is 5. The molecule has 0 saturated heterocycles. The van der Waals surface area contributed by atoms with E-state index in [1.807, 2.05) is 126 Å². The SMILES string of the molecule is CCC(C)C(C(=O)NC(Cc1ccccc1)CC(O)C(Cc1ccc(-c2ccccn2)cc1)NC(=O)C(NC(=O)OC)C(C)(C)C)n1cc(O)n(Cc2cccc(C)n2)c1=O. The third-order valence-corrected chi connectivity index (χ3v) is 10.9. The van der Waals surface area contributed by atoms with Crippen LogP contribution >= 0.6 is 0 Å². The van der Waals surface area contributed by atoms with Gasteiger partial charge in [0.15, 0.2) is 0 Å². The van der Waals surface area contributed by atoms with E-state index in [-0.39, 0.29) is 31.2 Å². The molecule has 324 valence electrons. The van der Waals surface area contributed by atoms with Gasteiger partial charge in [0.05, 0.1) is 43.4 Å². The molecule has 3 aromatic heterocycles. The molecule has 5 rings (SSSR count). The van der Waals surface area contributed by atoms with Crippen LogP contribution in [-0.4, -0.2) is 78.6 Å². The van der Waals surface area contributed by atoms with Gasteiger partial charge in [-0.2, -0.15) is 0 Å².